The number of carbonyl (C=O) groups excluding carboxylic acids is 1. The van der Waals surface area contributed by atoms with E-state index in [1.54, 1.807) is 32.4 Å². The number of amides is 1. The average molecular weight is 373 g/mol. The minimum Gasteiger partial charge on any atom is -0.497 e. The third-order valence-electron chi connectivity index (χ3n) is 4.47. The Bertz CT molecular complexity index is 979. The molecule has 0 bridgehead atoms. The number of benzene rings is 2. The molecule has 26 heavy (non-hydrogen) atoms. The van der Waals surface area contributed by atoms with E-state index in [9.17, 15) is 4.79 Å². The molecule has 0 saturated carbocycles. The maximum Gasteiger partial charge on any atom is 0.272 e. The Morgan fingerprint density at radius 2 is 1.92 bits per heavy atom. The summed E-state index contributed by atoms with van der Waals surface area (Å²) in [6, 6.07) is 10.9. The normalized spacial score (nSPS) is 10.8. The molecule has 2 aromatic carbocycles. The molecule has 0 radical (unpaired) electrons. The molecular weight excluding hydrogens is 352 g/mol. The van der Waals surface area contributed by atoms with Gasteiger partial charge in [-0.05, 0) is 49.7 Å². The predicted molar refractivity (Wildman–Crippen MR) is 105 cm³/mol. The maximum atomic E-state index is 13.0. The van der Waals surface area contributed by atoms with Gasteiger partial charge in [0.1, 0.15) is 17.2 Å². The van der Waals surface area contributed by atoms with Crippen LogP contribution in [-0.4, -0.2) is 24.7 Å². The molecule has 0 atom stereocenters. The van der Waals surface area contributed by atoms with Crippen molar-refractivity contribution >= 4 is 34.1 Å². The van der Waals surface area contributed by atoms with Crippen LogP contribution in [0.25, 0.3) is 10.9 Å². The summed E-state index contributed by atoms with van der Waals surface area (Å²) in [5, 5.41) is 4.58. The summed E-state index contributed by atoms with van der Waals surface area (Å²) in [4.78, 5) is 13.0. The molecule has 3 rings (SSSR count). The molecule has 1 N–H and O–H groups in total. The van der Waals surface area contributed by atoms with E-state index in [1.807, 2.05) is 36.6 Å². The van der Waals surface area contributed by atoms with Gasteiger partial charge in [-0.2, -0.15) is 0 Å². The van der Waals surface area contributed by atoms with Gasteiger partial charge in [-0.3, -0.25) is 4.79 Å². The zero-order chi connectivity index (χ0) is 18.8. The molecule has 6 heteroatoms. The summed E-state index contributed by atoms with van der Waals surface area (Å²) in [6.07, 6.45) is 0. The van der Waals surface area contributed by atoms with Crippen LogP contribution in [-0.2, 0) is 6.54 Å². The number of carbonyl (C=O) groups is 1. The lowest BCUT2D eigenvalue weighted by molar-refractivity contribution is 0.101. The second-order valence-corrected chi connectivity index (χ2v) is 6.34. The van der Waals surface area contributed by atoms with E-state index in [0.29, 0.717) is 34.4 Å². The largest absolute Gasteiger partial charge is 0.497 e. The Balaban J connectivity index is 2.04. The van der Waals surface area contributed by atoms with E-state index in [2.05, 4.69) is 5.32 Å². The first kappa shape index (κ1) is 18.1. The molecule has 0 aliphatic rings. The lowest BCUT2D eigenvalue weighted by Crippen LogP contribution is -2.18. The minimum absolute atomic E-state index is 0.194. The fourth-order valence-corrected chi connectivity index (χ4v) is 3.37. The van der Waals surface area contributed by atoms with E-state index in [4.69, 9.17) is 21.1 Å². The molecule has 1 aromatic heterocycles. The van der Waals surface area contributed by atoms with Crippen LogP contribution in [0.3, 0.4) is 0 Å². The van der Waals surface area contributed by atoms with Crippen LogP contribution >= 0.6 is 11.6 Å². The van der Waals surface area contributed by atoms with Crippen molar-refractivity contribution in [1.29, 1.82) is 0 Å². The van der Waals surface area contributed by atoms with Gasteiger partial charge in [-0.1, -0.05) is 11.6 Å². The van der Waals surface area contributed by atoms with E-state index in [0.717, 1.165) is 16.5 Å². The fraction of sp³-hybridized carbons (Fsp3) is 0.250. The summed E-state index contributed by atoms with van der Waals surface area (Å²) in [5.74, 6) is 1.01. The van der Waals surface area contributed by atoms with Crippen LogP contribution in [0.4, 0.5) is 5.69 Å². The van der Waals surface area contributed by atoms with Gasteiger partial charge in [0.25, 0.3) is 5.91 Å². The first-order chi connectivity index (χ1) is 12.5. The topological polar surface area (TPSA) is 52.5 Å². The number of hydrogen-bond acceptors (Lipinski definition) is 3. The van der Waals surface area contributed by atoms with Gasteiger partial charge in [0, 0.05) is 28.5 Å². The number of nitrogens with zero attached hydrogens (tertiary/aromatic N) is 1. The number of aryl methyl sites for hydroxylation is 2. The van der Waals surface area contributed by atoms with Crippen LogP contribution in [0.2, 0.25) is 5.02 Å². The summed E-state index contributed by atoms with van der Waals surface area (Å²) in [5.41, 5.74) is 3.09. The molecule has 3 aromatic rings. The molecule has 0 fully saturated rings. The molecule has 5 nitrogen and oxygen atoms in total. The standard InChI is InChI=1S/C20H21ClN2O3/c1-5-23-17-9-6-13(21)10-15(17)12(2)19(23)20(24)22-16-8-7-14(25-3)11-18(16)26-4/h6-11H,5H2,1-4H3,(H,22,24). The van der Waals surface area contributed by atoms with Crippen molar-refractivity contribution in [3.63, 3.8) is 0 Å². The number of anilines is 1. The number of ether oxygens (including phenoxy) is 2. The molecule has 0 aliphatic heterocycles. The van der Waals surface area contributed by atoms with Crippen molar-refractivity contribution < 1.29 is 14.3 Å². The highest BCUT2D eigenvalue weighted by atomic mass is 35.5. The van der Waals surface area contributed by atoms with Crippen molar-refractivity contribution in [2.45, 2.75) is 20.4 Å². The van der Waals surface area contributed by atoms with Crippen LogP contribution in [0.1, 0.15) is 23.0 Å². The Kier molecular flexibility index (Phi) is 5.09. The van der Waals surface area contributed by atoms with E-state index < -0.39 is 0 Å². The fourth-order valence-electron chi connectivity index (χ4n) is 3.20. The zero-order valence-electron chi connectivity index (χ0n) is 15.2. The summed E-state index contributed by atoms with van der Waals surface area (Å²) in [6.45, 7) is 4.62. The number of aromatic nitrogens is 1. The molecule has 0 saturated heterocycles. The third kappa shape index (κ3) is 3.10. The van der Waals surface area contributed by atoms with Gasteiger partial charge in [-0.15, -0.1) is 0 Å². The van der Waals surface area contributed by atoms with Crippen molar-refractivity contribution in [2.24, 2.45) is 0 Å². The number of fused-ring (bicyclic) bond motifs is 1. The molecule has 0 spiro atoms. The molecule has 0 unspecified atom stereocenters. The Morgan fingerprint density at radius 3 is 2.58 bits per heavy atom. The number of halogens is 1. The zero-order valence-corrected chi connectivity index (χ0v) is 16.0. The Labute approximate surface area is 157 Å². The predicted octanol–water partition coefficient (Wildman–Crippen LogP) is 4.89. The highest BCUT2D eigenvalue weighted by molar-refractivity contribution is 6.31. The second-order valence-electron chi connectivity index (χ2n) is 5.90. The van der Waals surface area contributed by atoms with Crippen molar-refractivity contribution in [3.05, 3.63) is 52.7 Å². The molecule has 1 amide bonds. The van der Waals surface area contributed by atoms with E-state index >= 15 is 0 Å². The maximum absolute atomic E-state index is 13.0. The smallest absolute Gasteiger partial charge is 0.272 e. The van der Waals surface area contributed by atoms with Gasteiger partial charge in [-0.25, -0.2) is 0 Å². The molecule has 0 aliphatic carbocycles. The molecule has 1 heterocycles. The van der Waals surface area contributed by atoms with Crippen LogP contribution in [0.5, 0.6) is 11.5 Å². The average Bonchev–Trinajstić information content (AvgIpc) is 2.93. The Morgan fingerprint density at radius 1 is 1.15 bits per heavy atom. The minimum atomic E-state index is -0.194. The van der Waals surface area contributed by atoms with Crippen molar-refractivity contribution in [3.8, 4) is 11.5 Å². The highest BCUT2D eigenvalue weighted by Gasteiger charge is 2.21. The number of methoxy groups -OCH3 is 2. The van der Waals surface area contributed by atoms with Crippen molar-refractivity contribution in [1.82, 2.24) is 4.57 Å². The van der Waals surface area contributed by atoms with Crippen LogP contribution < -0.4 is 14.8 Å². The highest BCUT2D eigenvalue weighted by Crippen LogP contribution is 2.32. The summed E-state index contributed by atoms with van der Waals surface area (Å²) >= 11 is 6.13. The van der Waals surface area contributed by atoms with Gasteiger partial charge in [0.15, 0.2) is 0 Å². The quantitative estimate of drug-likeness (QED) is 0.693. The monoisotopic (exact) mass is 372 g/mol. The van der Waals surface area contributed by atoms with Crippen molar-refractivity contribution in [2.75, 3.05) is 19.5 Å². The third-order valence-corrected chi connectivity index (χ3v) is 4.70. The second kappa shape index (κ2) is 7.30. The van der Waals surface area contributed by atoms with Gasteiger partial charge in [0.05, 0.1) is 19.9 Å². The van der Waals surface area contributed by atoms with E-state index in [-0.39, 0.29) is 5.91 Å². The Hall–Kier alpha value is -2.66. The molecule has 136 valence electrons. The molecular formula is C20H21ClN2O3. The number of hydrogen-bond donors (Lipinski definition) is 1. The van der Waals surface area contributed by atoms with Crippen LogP contribution in [0, 0.1) is 6.92 Å². The van der Waals surface area contributed by atoms with Crippen LogP contribution in [0.15, 0.2) is 36.4 Å². The number of nitrogens with one attached hydrogen (secondary N) is 1. The summed E-state index contributed by atoms with van der Waals surface area (Å²) in [7, 11) is 3.14. The SMILES string of the molecule is CCn1c(C(=O)Nc2ccc(OC)cc2OC)c(C)c2cc(Cl)ccc21. The lowest BCUT2D eigenvalue weighted by atomic mass is 10.1. The van der Waals surface area contributed by atoms with Gasteiger partial charge < -0.3 is 19.4 Å². The van der Waals surface area contributed by atoms with Gasteiger partial charge >= 0.3 is 0 Å². The summed E-state index contributed by atoms with van der Waals surface area (Å²) < 4.78 is 12.6. The lowest BCUT2D eigenvalue weighted by Gasteiger charge is -2.13. The first-order valence-corrected chi connectivity index (χ1v) is 8.69. The first-order valence-electron chi connectivity index (χ1n) is 8.31. The van der Waals surface area contributed by atoms with Gasteiger partial charge in [0.2, 0.25) is 0 Å². The number of rotatable bonds is 5. The van der Waals surface area contributed by atoms with E-state index in [1.165, 1.54) is 0 Å².